The predicted octanol–water partition coefficient (Wildman–Crippen LogP) is 3.19. The molecule has 0 aliphatic carbocycles. The number of carbonyl (C=O) groups excluding carboxylic acids is 1. The maximum absolute atomic E-state index is 13.1. The van der Waals surface area contributed by atoms with E-state index in [0.29, 0.717) is 11.8 Å². The van der Waals surface area contributed by atoms with Gasteiger partial charge < -0.3 is 4.74 Å². The molecule has 2 nitrogen and oxygen atoms in total. The van der Waals surface area contributed by atoms with Crippen molar-refractivity contribution in [1.29, 1.82) is 0 Å². The van der Waals surface area contributed by atoms with Crippen molar-refractivity contribution in [3.8, 4) is 5.75 Å². The van der Waals surface area contributed by atoms with Gasteiger partial charge in [0.2, 0.25) is 0 Å². The Labute approximate surface area is 90.2 Å². The van der Waals surface area contributed by atoms with E-state index in [-0.39, 0.29) is 16.3 Å². The first kappa shape index (κ1) is 11.2. The Bertz CT molecular complexity index is 350. The maximum atomic E-state index is 13.1. The van der Waals surface area contributed by atoms with Crippen LogP contribution in [0.3, 0.4) is 0 Å². The van der Waals surface area contributed by atoms with Crippen LogP contribution < -0.4 is 4.74 Å². The van der Waals surface area contributed by atoms with Crippen LogP contribution in [-0.4, -0.2) is 12.4 Å². The van der Waals surface area contributed by atoms with Crippen molar-refractivity contribution in [2.75, 3.05) is 0 Å². The molecule has 0 aliphatic heterocycles. The number of hydrogen-bond donors (Lipinski definition) is 0. The highest BCUT2D eigenvalue weighted by molar-refractivity contribution is 9.10. The number of rotatable bonds is 3. The summed E-state index contributed by atoms with van der Waals surface area (Å²) < 4.78 is 18.6. The second kappa shape index (κ2) is 4.55. The molecule has 0 aliphatic rings. The van der Waals surface area contributed by atoms with Gasteiger partial charge in [-0.1, -0.05) is 0 Å². The molecule has 76 valence electrons. The Morgan fingerprint density at radius 2 is 2.14 bits per heavy atom. The number of halogens is 2. The highest BCUT2D eigenvalue weighted by Crippen LogP contribution is 2.31. The molecular formula is C10H10BrFO2. The molecule has 0 saturated carbocycles. The molecule has 0 amide bonds. The molecule has 1 rings (SSSR count). The van der Waals surface area contributed by atoms with Gasteiger partial charge in [-0.2, -0.15) is 0 Å². The third kappa shape index (κ3) is 2.32. The lowest BCUT2D eigenvalue weighted by Crippen LogP contribution is -2.08. The first-order valence-electron chi connectivity index (χ1n) is 4.16. The molecular weight excluding hydrogens is 251 g/mol. The average Bonchev–Trinajstić information content (AvgIpc) is 2.13. The molecule has 1 aromatic rings. The van der Waals surface area contributed by atoms with E-state index in [1.54, 1.807) is 0 Å². The first-order chi connectivity index (χ1) is 6.56. The molecule has 4 heteroatoms. The van der Waals surface area contributed by atoms with Crippen LogP contribution in [0, 0.1) is 5.82 Å². The van der Waals surface area contributed by atoms with Crippen LogP contribution in [0.25, 0.3) is 0 Å². The quantitative estimate of drug-likeness (QED) is 0.781. The monoisotopic (exact) mass is 260 g/mol. The van der Waals surface area contributed by atoms with Crippen LogP contribution in [0.1, 0.15) is 24.2 Å². The van der Waals surface area contributed by atoms with Gasteiger partial charge in [0.25, 0.3) is 0 Å². The molecule has 0 heterocycles. The average molecular weight is 261 g/mol. The summed E-state index contributed by atoms with van der Waals surface area (Å²) in [7, 11) is 0. The lowest BCUT2D eigenvalue weighted by Gasteiger charge is -2.13. The molecule has 0 atom stereocenters. The van der Waals surface area contributed by atoms with E-state index in [9.17, 15) is 9.18 Å². The van der Waals surface area contributed by atoms with E-state index in [1.165, 1.54) is 12.1 Å². The van der Waals surface area contributed by atoms with Crippen LogP contribution in [-0.2, 0) is 0 Å². The Balaban J connectivity index is 3.20. The number of hydrogen-bond acceptors (Lipinski definition) is 2. The molecule has 0 radical (unpaired) electrons. The summed E-state index contributed by atoms with van der Waals surface area (Å²) in [4.78, 5) is 10.6. The van der Waals surface area contributed by atoms with Crippen molar-refractivity contribution in [3.05, 3.63) is 28.0 Å². The van der Waals surface area contributed by atoms with Crippen molar-refractivity contribution in [3.63, 3.8) is 0 Å². The molecule has 0 fully saturated rings. The first-order valence-corrected chi connectivity index (χ1v) is 4.95. The molecule has 14 heavy (non-hydrogen) atoms. The fraction of sp³-hybridized carbons (Fsp3) is 0.300. The summed E-state index contributed by atoms with van der Waals surface area (Å²) in [5.41, 5.74) is 0.340. The number of ether oxygens (including phenoxy) is 1. The predicted molar refractivity (Wildman–Crippen MR) is 55.3 cm³/mol. The van der Waals surface area contributed by atoms with Gasteiger partial charge in [0.1, 0.15) is 11.6 Å². The number of carbonyl (C=O) groups is 1. The zero-order valence-corrected chi connectivity index (χ0v) is 9.47. The fourth-order valence-electron chi connectivity index (χ4n) is 0.995. The Hall–Kier alpha value is -0.900. The lowest BCUT2D eigenvalue weighted by molar-refractivity contribution is 0.111. The number of benzene rings is 1. The third-order valence-corrected chi connectivity index (χ3v) is 2.30. The lowest BCUT2D eigenvalue weighted by atomic mass is 10.2. The van der Waals surface area contributed by atoms with E-state index in [1.807, 2.05) is 13.8 Å². The van der Waals surface area contributed by atoms with Crippen LogP contribution in [0.5, 0.6) is 5.75 Å². The van der Waals surface area contributed by atoms with E-state index < -0.39 is 5.82 Å². The Kier molecular flexibility index (Phi) is 3.63. The van der Waals surface area contributed by atoms with Crippen molar-refractivity contribution in [2.45, 2.75) is 20.0 Å². The normalized spacial score (nSPS) is 10.4. The molecule has 0 N–H and O–H groups in total. The Morgan fingerprint density at radius 3 is 2.64 bits per heavy atom. The largest absolute Gasteiger partial charge is 0.489 e. The van der Waals surface area contributed by atoms with Crippen molar-refractivity contribution >= 4 is 22.2 Å². The van der Waals surface area contributed by atoms with Gasteiger partial charge in [-0.15, -0.1) is 0 Å². The summed E-state index contributed by atoms with van der Waals surface area (Å²) in [6.45, 7) is 3.62. The van der Waals surface area contributed by atoms with Gasteiger partial charge in [0.15, 0.2) is 6.29 Å². The summed E-state index contributed by atoms with van der Waals surface area (Å²) in [6, 6.07) is 2.62. The maximum Gasteiger partial charge on any atom is 0.153 e. The minimum atomic E-state index is -0.439. The summed E-state index contributed by atoms with van der Waals surface area (Å²) >= 11 is 3.04. The van der Waals surface area contributed by atoms with Crippen molar-refractivity contribution in [2.24, 2.45) is 0 Å². The van der Waals surface area contributed by atoms with Gasteiger partial charge in [0, 0.05) is 0 Å². The molecule has 0 unspecified atom stereocenters. The van der Waals surface area contributed by atoms with Crippen LogP contribution >= 0.6 is 15.9 Å². The summed E-state index contributed by atoms with van der Waals surface area (Å²) in [5.74, 6) is -0.179. The van der Waals surface area contributed by atoms with Crippen molar-refractivity contribution < 1.29 is 13.9 Å². The number of aldehydes is 1. The fourth-order valence-corrected chi connectivity index (χ4v) is 1.45. The third-order valence-electron chi connectivity index (χ3n) is 1.56. The SMILES string of the molecule is CC(C)Oc1c(C=O)ccc(F)c1Br. The molecule has 1 aromatic carbocycles. The molecule has 0 saturated heterocycles. The Morgan fingerprint density at radius 1 is 1.50 bits per heavy atom. The standard InChI is InChI=1S/C10H10BrFO2/c1-6(2)14-10-7(5-13)3-4-8(12)9(10)11/h3-6H,1-2H3. The highest BCUT2D eigenvalue weighted by Gasteiger charge is 2.13. The van der Waals surface area contributed by atoms with Crippen LogP contribution in [0.4, 0.5) is 4.39 Å². The van der Waals surface area contributed by atoms with Crippen LogP contribution in [0.15, 0.2) is 16.6 Å². The van der Waals surface area contributed by atoms with Gasteiger partial charge in [-0.3, -0.25) is 4.79 Å². The molecule has 0 bridgehead atoms. The van der Waals surface area contributed by atoms with E-state index in [0.717, 1.165) is 0 Å². The minimum Gasteiger partial charge on any atom is -0.489 e. The minimum absolute atomic E-state index is 0.105. The van der Waals surface area contributed by atoms with Crippen molar-refractivity contribution in [1.82, 2.24) is 0 Å². The highest BCUT2D eigenvalue weighted by atomic mass is 79.9. The van der Waals surface area contributed by atoms with E-state index >= 15 is 0 Å². The second-order valence-electron chi connectivity index (χ2n) is 3.06. The summed E-state index contributed by atoms with van der Waals surface area (Å²) in [6.07, 6.45) is 0.536. The van der Waals surface area contributed by atoms with Gasteiger partial charge in [0.05, 0.1) is 16.1 Å². The molecule has 0 aromatic heterocycles. The zero-order valence-electron chi connectivity index (χ0n) is 7.88. The van der Waals surface area contributed by atoms with Crippen LogP contribution in [0.2, 0.25) is 0 Å². The van der Waals surface area contributed by atoms with Gasteiger partial charge >= 0.3 is 0 Å². The van der Waals surface area contributed by atoms with Gasteiger partial charge in [-0.25, -0.2) is 4.39 Å². The smallest absolute Gasteiger partial charge is 0.153 e. The topological polar surface area (TPSA) is 26.3 Å². The van der Waals surface area contributed by atoms with E-state index in [2.05, 4.69) is 15.9 Å². The summed E-state index contributed by atoms with van der Waals surface area (Å²) in [5, 5.41) is 0. The second-order valence-corrected chi connectivity index (χ2v) is 3.86. The van der Waals surface area contributed by atoms with E-state index in [4.69, 9.17) is 4.74 Å². The molecule has 0 spiro atoms. The zero-order chi connectivity index (χ0) is 10.7. The van der Waals surface area contributed by atoms with Gasteiger partial charge in [-0.05, 0) is 41.9 Å².